The molecule has 3 rings (SSSR count). The van der Waals surface area contributed by atoms with E-state index in [1.807, 2.05) is 30.3 Å². The molecule has 1 spiro atoms. The maximum absolute atomic E-state index is 11.9. The Morgan fingerprint density at radius 3 is 2.71 bits per heavy atom. The molecule has 0 aliphatic carbocycles. The van der Waals surface area contributed by atoms with Crippen LogP contribution in [0.15, 0.2) is 36.1 Å². The molecular weight excluding hydrogens is 331 g/mol. The summed E-state index contributed by atoms with van der Waals surface area (Å²) in [5.74, 6) is -0.186. The number of aliphatic hydroxyl groups is 1. The van der Waals surface area contributed by atoms with Crippen molar-refractivity contribution in [2.24, 2.45) is 0 Å². The van der Waals surface area contributed by atoms with Gasteiger partial charge in [0.2, 0.25) is 0 Å². The van der Waals surface area contributed by atoms with E-state index < -0.39 is 3.61 Å². The third kappa shape index (κ3) is 1.66. The van der Waals surface area contributed by atoms with E-state index in [-0.39, 0.29) is 32.9 Å². The molecule has 1 aromatic rings. The van der Waals surface area contributed by atoms with Crippen molar-refractivity contribution >= 4 is 11.5 Å². The molecule has 1 atom stereocenters. The third-order valence-electron chi connectivity index (χ3n) is 3.05. The average molecular weight is 343 g/mol. The molecule has 90 valence electrons. The number of esters is 1. The monoisotopic (exact) mass is 343 g/mol. The van der Waals surface area contributed by atoms with Crippen LogP contribution in [0.4, 0.5) is 0 Å². The van der Waals surface area contributed by atoms with Crippen molar-refractivity contribution in [3.63, 3.8) is 0 Å². The van der Waals surface area contributed by atoms with Crippen molar-refractivity contribution in [2.45, 2.75) is 16.4 Å². The molecule has 0 radical (unpaired) electrons. The van der Waals surface area contributed by atoms with Crippen LogP contribution in [0.25, 0.3) is 5.57 Å². The van der Waals surface area contributed by atoms with E-state index in [0.717, 1.165) is 22.8 Å². The first-order valence-electron chi connectivity index (χ1n) is 5.56. The van der Waals surface area contributed by atoms with Crippen LogP contribution in [0.3, 0.4) is 0 Å². The second-order valence-electron chi connectivity index (χ2n) is 4.13. The fourth-order valence-corrected chi connectivity index (χ4v) is 5.61. The van der Waals surface area contributed by atoms with Crippen molar-refractivity contribution < 1.29 is 35.8 Å². The summed E-state index contributed by atoms with van der Waals surface area (Å²) in [5, 5.41) is 10.3. The molecule has 0 saturated carbocycles. The summed E-state index contributed by atoms with van der Waals surface area (Å²) in [7, 11) is 0. The number of ether oxygens (including phenoxy) is 1. The van der Waals surface area contributed by atoms with Crippen LogP contribution < -0.4 is 21.2 Å². The number of carbonyl (C=O) groups excluding carboxylic acids is 1. The Morgan fingerprint density at radius 2 is 2.06 bits per heavy atom. The van der Waals surface area contributed by atoms with Gasteiger partial charge < -0.3 is 0 Å². The van der Waals surface area contributed by atoms with Gasteiger partial charge in [0, 0.05) is 0 Å². The van der Waals surface area contributed by atoms with Gasteiger partial charge in [-0.25, -0.2) is 0 Å². The van der Waals surface area contributed by atoms with Gasteiger partial charge in [-0.15, -0.1) is 0 Å². The van der Waals surface area contributed by atoms with Crippen molar-refractivity contribution in [3.05, 3.63) is 41.7 Å². The number of hydrogen-bond acceptors (Lipinski definition) is 3. The van der Waals surface area contributed by atoms with Gasteiger partial charge >= 0.3 is 110 Å². The number of benzene rings is 1. The third-order valence-corrected chi connectivity index (χ3v) is 6.86. The van der Waals surface area contributed by atoms with Crippen LogP contribution in [0.1, 0.15) is 18.4 Å². The van der Waals surface area contributed by atoms with E-state index in [1.54, 1.807) is 0 Å². The fourth-order valence-electron chi connectivity index (χ4n) is 2.23. The molecule has 1 N–H and O–H groups in total. The number of hydrogen-bond donors (Lipinski definition) is 1. The van der Waals surface area contributed by atoms with E-state index in [2.05, 4.69) is 0 Å². The van der Waals surface area contributed by atoms with Gasteiger partial charge in [0.25, 0.3) is 0 Å². The van der Waals surface area contributed by atoms with Crippen LogP contribution >= 0.6 is 0 Å². The summed E-state index contributed by atoms with van der Waals surface area (Å²) in [5.41, 5.74) is 1.12. The summed E-state index contributed by atoms with van der Waals surface area (Å²) in [6, 6.07) is 9.27. The van der Waals surface area contributed by atoms with Gasteiger partial charge in [0.05, 0.1) is 0 Å². The fraction of sp³-hybridized carbons (Fsp3) is 0.308. The summed E-state index contributed by atoms with van der Waals surface area (Å²) >= 11 is -0.286. The first-order valence-corrected chi connectivity index (χ1v) is 8.16. The van der Waals surface area contributed by atoms with Crippen LogP contribution in [0.5, 0.6) is 0 Å². The van der Waals surface area contributed by atoms with E-state index in [4.69, 9.17) is 4.74 Å². The molecule has 1 aromatic carbocycles. The topological polar surface area (TPSA) is 46.5 Å². The molecule has 2 aliphatic rings. The first-order chi connectivity index (χ1) is 8.23. The molecule has 3 nitrogen and oxygen atoms in total. The minimum absolute atomic E-state index is 0.180. The van der Waals surface area contributed by atoms with Gasteiger partial charge in [-0.2, -0.15) is 0 Å². The Balaban J connectivity index is 2.09. The SMILES string of the molecule is O=C1OC2(CCC[I-]2)C(O)=C1c1ccccc1. The predicted octanol–water partition coefficient (Wildman–Crippen LogP) is -0.908. The standard InChI is InChI=1S/C13H12IO3/c15-11-10(9-5-2-1-3-6-9)12(16)17-13(11)7-4-8-14-13/h1-3,5-6,15H,4,7-8H2/q-1. The molecule has 0 aromatic heterocycles. The van der Waals surface area contributed by atoms with Crippen LogP contribution in [0, 0.1) is 0 Å². The van der Waals surface area contributed by atoms with E-state index in [1.165, 1.54) is 0 Å². The van der Waals surface area contributed by atoms with Crippen molar-refractivity contribution in [3.8, 4) is 0 Å². The van der Waals surface area contributed by atoms with E-state index in [9.17, 15) is 9.90 Å². The molecule has 1 fully saturated rings. The molecule has 0 bridgehead atoms. The van der Waals surface area contributed by atoms with Crippen molar-refractivity contribution in [1.29, 1.82) is 0 Å². The van der Waals surface area contributed by atoms with Gasteiger partial charge in [0.15, 0.2) is 0 Å². The Hall–Kier alpha value is -1.04. The molecule has 2 aliphatic heterocycles. The molecule has 0 amide bonds. The van der Waals surface area contributed by atoms with Gasteiger partial charge in [-0.05, 0) is 0 Å². The van der Waals surface area contributed by atoms with Crippen LogP contribution in [-0.4, -0.2) is 19.1 Å². The predicted molar refractivity (Wildman–Crippen MR) is 58.9 cm³/mol. The van der Waals surface area contributed by atoms with Gasteiger partial charge in [0.1, 0.15) is 0 Å². The molecule has 1 saturated heterocycles. The summed E-state index contributed by atoms with van der Waals surface area (Å²) in [4.78, 5) is 11.9. The van der Waals surface area contributed by atoms with Crippen molar-refractivity contribution in [1.82, 2.24) is 0 Å². The Bertz CT molecular complexity index is 487. The quantitative estimate of drug-likeness (QED) is 0.408. The normalized spacial score (nSPS) is 28.4. The number of rotatable bonds is 1. The number of aliphatic hydroxyl groups excluding tert-OH is 1. The molecule has 4 heteroatoms. The Kier molecular flexibility index (Phi) is 2.61. The van der Waals surface area contributed by atoms with E-state index in [0.29, 0.717) is 5.57 Å². The molecule has 17 heavy (non-hydrogen) atoms. The summed E-state index contributed by atoms with van der Waals surface area (Å²) < 4.78 is 5.97. The molecule has 2 heterocycles. The molecule has 1 unspecified atom stereocenters. The Morgan fingerprint density at radius 1 is 1.29 bits per heavy atom. The number of alkyl halides is 2. The summed E-state index contributed by atoms with van der Waals surface area (Å²) in [6.07, 6.45) is 1.83. The Labute approximate surface area is 110 Å². The zero-order valence-corrected chi connectivity index (χ0v) is 11.3. The summed E-state index contributed by atoms with van der Waals surface area (Å²) in [6.45, 7) is 0. The average Bonchev–Trinajstić information content (AvgIpc) is 2.88. The number of carbonyl (C=O) groups is 1. The first kappa shape index (κ1) is 11.1. The minimum atomic E-state index is -0.610. The maximum atomic E-state index is 11.9. The van der Waals surface area contributed by atoms with Gasteiger partial charge in [-0.1, -0.05) is 0 Å². The van der Waals surface area contributed by atoms with E-state index >= 15 is 0 Å². The molecular formula is C13H12IO3-. The van der Waals surface area contributed by atoms with Crippen molar-refractivity contribution in [2.75, 3.05) is 4.43 Å². The zero-order chi connectivity index (χ0) is 11.9. The van der Waals surface area contributed by atoms with Crippen LogP contribution in [-0.2, 0) is 9.53 Å². The number of halogens is 1. The second-order valence-corrected chi connectivity index (χ2v) is 7.72. The zero-order valence-electron chi connectivity index (χ0n) is 9.15. The van der Waals surface area contributed by atoms with Gasteiger partial charge in [-0.3, -0.25) is 0 Å². The second kappa shape index (κ2) is 4.01. The van der Waals surface area contributed by atoms with Crippen LogP contribution in [0.2, 0.25) is 0 Å².